The largest absolute Gasteiger partial charge is 0.497 e. The van der Waals surface area contributed by atoms with Crippen LogP contribution in [-0.4, -0.2) is 7.11 Å². The summed E-state index contributed by atoms with van der Waals surface area (Å²) in [5.74, 6) is 0.272. The van der Waals surface area contributed by atoms with Gasteiger partial charge in [0.15, 0.2) is 0 Å². The van der Waals surface area contributed by atoms with Crippen molar-refractivity contribution in [2.75, 3.05) is 7.11 Å². The molecular formula is C14H13ClFNO. The van der Waals surface area contributed by atoms with E-state index in [9.17, 15) is 4.39 Å². The molecule has 0 aliphatic carbocycles. The van der Waals surface area contributed by atoms with E-state index >= 15 is 0 Å². The molecule has 0 amide bonds. The Hall–Kier alpha value is -1.58. The first kappa shape index (κ1) is 12.9. The van der Waals surface area contributed by atoms with Crippen LogP contribution in [0.2, 0.25) is 5.02 Å². The molecule has 0 aromatic heterocycles. The maximum atomic E-state index is 13.8. The summed E-state index contributed by atoms with van der Waals surface area (Å²) < 4.78 is 18.9. The van der Waals surface area contributed by atoms with E-state index in [1.807, 2.05) is 12.1 Å². The van der Waals surface area contributed by atoms with Gasteiger partial charge in [0.05, 0.1) is 13.2 Å². The highest BCUT2D eigenvalue weighted by molar-refractivity contribution is 6.31. The zero-order chi connectivity index (χ0) is 13.1. The molecule has 2 aromatic rings. The Morgan fingerprint density at radius 1 is 1.22 bits per heavy atom. The van der Waals surface area contributed by atoms with Crippen LogP contribution in [0.1, 0.15) is 17.2 Å². The monoisotopic (exact) mass is 265 g/mol. The predicted molar refractivity (Wildman–Crippen MR) is 70.4 cm³/mol. The first-order chi connectivity index (χ1) is 8.63. The molecule has 94 valence electrons. The van der Waals surface area contributed by atoms with Crippen molar-refractivity contribution >= 4 is 11.6 Å². The van der Waals surface area contributed by atoms with Gasteiger partial charge in [-0.25, -0.2) is 4.39 Å². The number of hydrogen-bond acceptors (Lipinski definition) is 2. The van der Waals surface area contributed by atoms with Gasteiger partial charge in [-0.1, -0.05) is 29.8 Å². The van der Waals surface area contributed by atoms with Gasteiger partial charge >= 0.3 is 0 Å². The Balaban J connectivity index is 2.44. The quantitative estimate of drug-likeness (QED) is 0.921. The highest BCUT2D eigenvalue weighted by atomic mass is 35.5. The zero-order valence-corrected chi connectivity index (χ0v) is 10.6. The second-order valence-corrected chi connectivity index (χ2v) is 4.30. The van der Waals surface area contributed by atoms with Crippen molar-refractivity contribution in [2.24, 2.45) is 5.73 Å². The van der Waals surface area contributed by atoms with Crippen molar-refractivity contribution in [3.63, 3.8) is 0 Å². The molecule has 2 N–H and O–H groups in total. The normalized spacial score (nSPS) is 12.2. The van der Waals surface area contributed by atoms with Crippen LogP contribution in [-0.2, 0) is 0 Å². The van der Waals surface area contributed by atoms with Crippen LogP contribution >= 0.6 is 11.6 Å². The molecule has 0 bridgehead atoms. The van der Waals surface area contributed by atoms with Crippen LogP contribution in [0.5, 0.6) is 5.75 Å². The summed E-state index contributed by atoms with van der Waals surface area (Å²) in [7, 11) is 1.57. The Kier molecular flexibility index (Phi) is 3.84. The molecule has 1 unspecified atom stereocenters. The van der Waals surface area contributed by atoms with Gasteiger partial charge in [0, 0.05) is 10.6 Å². The third-order valence-corrected chi connectivity index (χ3v) is 3.09. The van der Waals surface area contributed by atoms with Gasteiger partial charge in [-0.2, -0.15) is 0 Å². The number of halogens is 2. The van der Waals surface area contributed by atoms with Crippen LogP contribution in [0.4, 0.5) is 4.39 Å². The minimum absolute atomic E-state index is 0.299. The van der Waals surface area contributed by atoms with Crippen LogP contribution in [0.3, 0.4) is 0 Å². The molecule has 0 spiro atoms. The van der Waals surface area contributed by atoms with E-state index in [2.05, 4.69) is 0 Å². The molecule has 2 aromatic carbocycles. The fourth-order valence-electron chi connectivity index (χ4n) is 1.81. The first-order valence-electron chi connectivity index (χ1n) is 5.47. The van der Waals surface area contributed by atoms with Gasteiger partial charge < -0.3 is 10.5 Å². The zero-order valence-electron chi connectivity index (χ0n) is 9.86. The van der Waals surface area contributed by atoms with Gasteiger partial charge in [-0.15, -0.1) is 0 Å². The molecule has 18 heavy (non-hydrogen) atoms. The predicted octanol–water partition coefficient (Wildman–Crippen LogP) is 3.54. The molecule has 2 nitrogen and oxygen atoms in total. The fourth-order valence-corrected chi connectivity index (χ4v) is 2.09. The summed E-state index contributed by atoms with van der Waals surface area (Å²) in [5.41, 5.74) is 7.11. The summed E-state index contributed by atoms with van der Waals surface area (Å²) in [6, 6.07) is 11.1. The fraction of sp³-hybridized carbons (Fsp3) is 0.143. The Labute approximate surface area is 110 Å². The number of rotatable bonds is 3. The van der Waals surface area contributed by atoms with Crippen molar-refractivity contribution in [3.8, 4) is 5.75 Å². The van der Waals surface area contributed by atoms with E-state index in [1.165, 1.54) is 6.07 Å². The van der Waals surface area contributed by atoms with Crippen LogP contribution < -0.4 is 10.5 Å². The van der Waals surface area contributed by atoms with Crippen LogP contribution in [0, 0.1) is 5.82 Å². The summed E-state index contributed by atoms with van der Waals surface area (Å²) in [4.78, 5) is 0. The second-order valence-electron chi connectivity index (χ2n) is 3.89. The highest BCUT2D eigenvalue weighted by Gasteiger charge is 2.17. The van der Waals surface area contributed by atoms with Gasteiger partial charge in [-0.05, 0) is 29.8 Å². The van der Waals surface area contributed by atoms with E-state index in [0.29, 0.717) is 16.3 Å². The van der Waals surface area contributed by atoms with Crippen molar-refractivity contribution in [3.05, 3.63) is 64.4 Å². The number of hydrogen-bond donors (Lipinski definition) is 1. The molecule has 0 aliphatic rings. The molecule has 0 heterocycles. The van der Waals surface area contributed by atoms with E-state index in [0.717, 1.165) is 5.56 Å². The molecule has 0 radical (unpaired) electrons. The Bertz CT molecular complexity index is 539. The van der Waals surface area contributed by atoms with Crippen molar-refractivity contribution in [1.82, 2.24) is 0 Å². The summed E-state index contributed by atoms with van der Waals surface area (Å²) >= 11 is 6.00. The highest BCUT2D eigenvalue weighted by Crippen LogP contribution is 2.30. The lowest BCUT2D eigenvalue weighted by Crippen LogP contribution is -2.14. The van der Waals surface area contributed by atoms with E-state index < -0.39 is 11.9 Å². The lowest BCUT2D eigenvalue weighted by atomic mass is 9.99. The third-order valence-electron chi connectivity index (χ3n) is 2.76. The van der Waals surface area contributed by atoms with Gasteiger partial charge in [0.2, 0.25) is 0 Å². The lowest BCUT2D eigenvalue weighted by Gasteiger charge is -2.15. The molecular weight excluding hydrogens is 253 g/mol. The standard InChI is InChI=1S/C14H13ClFNO/c1-18-10-5-2-4-9(8-10)14(17)13-11(15)6-3-7-12(13)16/h2-8,14H,17H2,1H3. The first-order valence-corrected chi connectivity index (χ1v) is 5.84. The lowest BCUT2D eigenvalue weighted by molar-refractivity contribution is 0.414. The third kappa shape index (κ3) is 2.47. The smallest absolute Gasteiger partial charge is 0.129 e. The van der Waals surface area contributed by atoms with Crippen LogP contribution in [0.25, 0.3) is 0 Å². The van der Waals surface area contributed by atoms with Crippen LogP contribution in [0.15, 0.2) is 42.5 Å². The summed E-state index contributed by atoms with van der Waals surface area (Å²) in [6.45, 7) is 0. The van der Waals surface area contributed by atoms with Gasteiger partial charge in [-0.3, -0.25) is 0 Å². The average Bonchev–Trinajstić information content (AvgIpc) is 2.38. The van der Waals surface area contributed by atoms with Crippen molar-refractivity contribution < 1.29 is 9.13 Å². The maximum Gasteiger partial charge on any atom is 0.129 e. The molecule has 2 rings (SSSR count). The van der Waals surface area contributed by atoms with E-state index in [1.54, 1.807) is 31.4 Å². The second kappa shape index (κ2) is 5.38. The number of benzene rings is 2. The molecule has 0 saturated carbocycles. The SMILES string of the molecule is COc1cccc(C(N)c2c(F)cccc2Cl)c1. The molecule has 0 saturated heterocycles. The molecule has 0 fully saturated rings. The molecule has 1 atom stereocenters. The van der Waals surface area contributed by atoms with Crippen molar-refractivity contribution in [1.29, 1.82) is 0 Å². The number of ether oxygens (including phenoxy) is 1. The Morgan fingerprint density at radius 3 is 2.61 bits per heavy atom. The van der Waals surface area contributed by atoms with Gasteiger partial charge in [0.1, 0.15) is 11.6 Å². The Morgan fingerprint density at radius 2 is 1.94 bits per heavy atom. The topological polar surface area (TPSA) is 35.2 Å². The van der Waals surface area contributed by atoms with Crippen molar-refractivity contribution in [2.45, 2.75) is 6.04 Å². The number of methoxy groups -OCH3 is 1. The molecule has 0 aliphatic heterocycles. The summed E-state index contributed by atoms with van der Waals surface area (Å²) in [6.07, 6.45) is 0. The van der Waals surface area contributed by atoms with E-state index in [-0.39, 0.29) is 0 Å². The van der Waals surface area contributed by atoms with Gasteiger partial charge in [0.25, 0.3) is 0 Å². The van der Waals surface area contributed by atoms with E-state index in [4.69, 9.17) is 22.1 Å². The minimum atomic E-state index is -0.617. The summed E-state index contributed by atoms with van der Waals surface area (Å²) in [5, 5.41) is 0.324. The maximum absolute atomic E-state index is 13.8. The molecule has 4 heteroatoms. The number of nitrogens with two attached hydrogens (primary N) is 1. The average molecular weight is 266 g/mol. The minimum Gasteiger partial charge on any atom is -0.497 e.